The summed E-state index contributed by atoms with van der Waals surface area (Å²) in [6, 6.07) is 5.79. The number of nitrogens with one attached hydrogen (secondary N) is 1. The summed E-state index contributed by atoms with van der Waals surface area (Å²) >= 11 is 5.99. The molecule has 0 saturated heterocycles. The number of halogens is 1. The van der Waals surface area contributed by atoms with E-state index in [4.69, 9.17) is 17.5 Å². The van der Waals surface area contributed by atoms with Crippen molar-refractivity contribution in [2.24, 2.45) is 5.90 Å². The van der Waals surface area contributed by atoms with Crippen LogP contribution in [0.1, 0.15) is 5.56 Å². The van der Waals surface area contributed by atoms with E-state index in [0.717, 1.165) is 16.5 Å². The molecule has 0 saturated carbocycles. The van der Waals surface area contributed by atoms with Crippen LogP contribution in [0.2, 0.25) is 5.02 Å². The number of hydrogen-bond donors (Lipinski definition) is 2. The van der Waals surface area contributed by atoms with Gasteiger partial charge in [0.05, 0.1) is 6.61 Å². The Morgan fingerprint density at radius 2 is 2.31 bits per heavy atom. The summed E-state index contributed by atoms with van der Waals surface area (Å²) in [5.74, 6) is 4.98. The molecule has 0 spiro atoms. The Kier molecular flexibility index (Phi) is 2.22. The van der Waals surface area contributed by atoms with Crippen LogP contribution < -0.4 is 5.90 Å². The number of aromatic nitrogens is 1. The quantitative estimate of drug-likeness (QED) is 0.724. The molecule has 0 amide bonds. The van der Waals surface area contributed by atoms with E-state index in [2.05, 4.69) is 9.82 Å². The molecule has 0 aliphatic heterocycles. The molecule has 0 radical (unpaired) electrons. The van der Waals surface area contributed by atoms with Crippen molar-refractivity contribution in [3.05, 3.63) is 35.0 Å². The van der Waals surface area contributed by atoms with Crippen molar-refractivity contribution in [3.8, 4) is 0 Å². The number of rotatable bonds is 2. The van der Waals surface area contributed by atoms with E-state index < -0.39 is 0 Å². The lowest BCUT2D eigenvalue weighted by atomic mass is 10.2. The second-order valence-corrected chi connectivity index (χ2v) is 3.23. The fourth-order valence-electron chi connectivity index (χ4n) is 1.32. The Morgan fingerprint density at radius 3 is 3.08 bits per heavy atom. The third-order valence-corrected chi connectivity index (χ3v) is 2.31. The normalized spacial score (nSPS) is 10.9. The van der Waals surface area contributed by atoms with Crippen LogP contribution in [-0.4, -0.2) is 4.98 Å². The van der Waals surface area contributed by atoms with Crippen LogP contribution in [0.3, 0.4) is 0 Å². The van der Waals surface area contributed by atoms with E-state index in [-0.39, 0.29) is 0 Å². The van der Waals surface area contributed by atoms with Gasteiger partial charge in [0, 0.05) is 27.7 Å². The summed E-state index contributed by atoms with van der Waals surface area (Å²) in [6.45, 7) is 0.327. The smallest absolute Gasteiger partial charge is 0.0945 e. The number of aromatic amines is 1. The first-order chi connectivity index (χ1) is 6.31. The van der Waals surface area contributed by atoms with Crippen LogP contribution in [0.5, 0.6) is 0 Å². The van der Waals surface area contributed by atoms with Crippen LogP contribution in [-0.2, 0) is 11.4 Å². The zero-order valence-corrected chi connectivity index (χ0v) is 7.64. The molecule has 0 bridgehead atoms. The molecule has 1 heterocycles. The fourth-order valence-corrected chi connectivity index (χ4v) is 1.54. The first kappa shape index (κ1) is 8.56. The first-order valence-electron chi connectivity index (χ1n) is 3.88. The molecule has 3 N–H and O–H groups in total. The van der Waals surface area contributed by atoms with Gasteiger partial charge in [0.15, 0.2) is 0 Å². The van der Waals surface area contributed by atoms with Crippen molar-refractivity contribution in [2.75, 3.05) is 0 Å². The third-order valence-electron chi connectivity index (χ3n) is 1.96. The Morgan fingerprint density at radius 1 is 1.46 bits per heavy atom. The predicted molar refractivity (Wildman–Crippen MR) is 52.3 cm³/mol. The lowest BCUT2D eigenvalue weighted by Crippen LogP contribution is -1.99. The summed E-state index contributed by atoms with van der Waals surface area (Å²) in [6.07, 6.45) is 1.87. The highest BCUT2D eigenvalue weighted by Crippen LogP contribution is 2.23. The topological polar surface area (TPSA) is 51.0 Å². The number of benzene rings is 1. The van der Waals surface area contributed by atoms with Gasteiger partial charge in [0.25, 0.3) is 0 Å². The second kappa shape index (κ2) is 3.38. The first-order valence-corrected chi connectivity index (χ1v) is 4.26. The van der Waals surface area contributed by atoms with Crippen LogP contribution in [0.25, 0.3) is 10.9 Å². The molecule has 2 rings (SSSR count). The molecule has 0 atom stereocenters. The van der Waals surface area contributed by atoms with Gasteiger partial charge in [0.1, 0.15) is 0 Å². The highest BCUT2D eigenvalue weighted by Gasteiger charge is 2.03. The lowest BCUT2D eigenvalue weighted by Gasteiger charge is -2.02. The van der Waals surface area contributed by atoms with Gasteiger partial charge in [0.2, 0.25) is 0 Å². The largest absolute Gasteiger partial charge is 0.361 e. The number of H-pyrrole nitrogens is 1. The van der Waals surface area contributed by atoms with Gasteiger partial charge in [-0.3, -0.25) is 4.84 Å². The van der Waals surface area contributed by atoms with Gasteiger partial charge in [-0.05, 0) is 18.2 Å². The van der Waals surface area contributed by atoms with Gasteiger partial charge in [-0.15, -0.1) is 0 Å². The molecule has 0 unspecified atom stereocenters. The van der Waals surface area contributed by atoms with Crippen molar-refractivity contribution < 1.29 is 4.84 Å². The molecule has 2 aromatic rings. The van der Waals surface area contributed by atoms with E-state index in [1.165, 1.54) is 0 Å². The van der Waals surface area contributed by atoms with Crippen LogP contribution >= 0.6 is 11.6 Å². The molecule has 68 valence electrons. The van der Waals surface area contributed by atoms with Crippen molar-refractivity contribution in [1.82, 2.24) is 4.98 Å². The standard InChI is InChI=1S/C9H9ClN2O/c10-8-3-6-1-2-12-9(6)4-7(8)5-13-11/h1-4,12H,5,11H2. The molecule has 0 fully saturated rings. The molecule has 0 aliphatic carbocycles. The Hall–Kier alpha value is -1.03. The van der Waals surface area contributed by atoms with Gasteiger partial charge in [-0.1, -0.05) is 11.6 Å². The van der Waals surface area contributed by atoms with E-state index in [9.17, 15) is 0 Å². The van der Waals surface area contributed by atoms with Gasteiger partial charge in [-0.25, -0.2) is 5.90 Å². The van der Waals surface area contributed by atoms with E-state index in [1.54, 1.807) is 0 Å². The zero-order chi connectivity index (χ0) is 9.26. The third kappa shape index (κ3) is 1.54. The van der Waals surface area contributed by atoms with Gasteiger partial charge in [-0.2, -0.15) is 0 Å². The molecule has 0 aliphatic rings. The molecular formula is C9H9ClN2O. The Bertz CT molecular complexity index is 424. The van der Waals surface area contributed by atoms with Crippen LogP contribution in [0, 0.1) is 0 Å². The van der Waals surface area contributed by atoms with Crippen LogP contribution in [0.4, 0.5) is 0 Å². The highest BCUT2D eigenvalue weighted by atomic mass is 35.5. The summed E-state index contributed by atoms with van der Waals surface area (Å²) in [5, 5.41) is 1.77. The minimum Gasteiger partial charge on any atom is -0.361 e. The monoisotopic (exact) mass is 196 g/mol. The average Bonchev–Trinajstić information content (AvgIpc) is 2.52. The lowest BCUT2D eigenvalue weighted by molar-refractivity contribution is 0.124. The van der Waals surface area contributed by atoms with E-state index in [0.29, 0.717) is 11.6 Å². The second-order valence-electron chi connectivity index (χ2n) is 2.82. The van der Waals surface area contributed by atoms with Gasteiger partial charge >= 0.3 is 0 Å². The summed E-state index contributed by atoms with van der Waals surface area (Å²) in [4.78, 5) is 7.63. The van der Waals surface area contributed by atoms with Crippen molar-refractivity contribution >= 4 is 22.5 Å². The molecule has 1 aromatic carbocycles. The molecule has 3 nitrogen and oxygen atoms in total. The molecular weight excluding hydrogens is 188 g/mol. The van der Waals surface area contributed by atoms with Crippen molar-refractivity contribution in [1.29, 1.82) is 0 Å². The Balaban J connectivity index is 2.56. The number of nitrogens with two attached hydrogens (primary N) is 1. The van der Waals surface area contributed by atoms with Crippen molar-refractivity contribution in [2.45, 2.75) is 6.61 Å². The van der Waals surface area contributed by atoms with Crippen LogP contribution in [0.15, 0.2) is 24.4 Å². The van der Waals surface area contributed by atoms with Crippen molar-refractivity contribution in [3.63, 3.8) is 0 Å². The average molecular weight is 197 g/mol. The number of hydrogen-bond acceptors (Lipinski definition) is 2. The maximum absolute atomic E-state index is 5.99. The molecule has 4 heteroatoms. The fraction of sp³-hybridized carbons (Fsp3) is 0.111. The van der Waals surface area contributed by atoms with E-state index in [1.807, 2.05) is 24.4 Å². The minimum absolute atomic E-state index is 0.327. The number of fused-ring (bicyclic) bond motifs is 1. The van der Waals surface area contributed by atoms with Gasteiger partial charge < -0.3 is 4.98 Å². The predicted octanol–water partition coefficient (Wildman–Crippen LogP) is 2.21. The highest BCUT2D eigenvalue weighted by molar-refractivity contribution is 6.32. The molecule has 1 aromatic heterocycles. The summed E-state index contributed by atoms with van der Waals surface area (Å²) < 4.78 is 0. The maximum atomic E-state index is 5.99. The maximum Gasteiger partial charge on any atom is 0.0945 e. The minimum atomic E-state index is 0.327. The summed E-state index contributed by atoms with van der Waals surface area (Å²) in [5.41, 5.74) is 1.93. The van der Waals surface area contributed by atoms with E-state index >= 15 is 0 Å². The zero-order valence-electron chi connectivity index (χ0n) is 6.88. The summed E-state index contributed by atoms with van der Waals surface area (Å²) in [7, 11) is 0. The Labute approximate surface area is 80.4 Å². The SMILES string of the molecule is NOCc1cc2[nH]ccc2cc1Cl. The molecule has 13 heavy (non-hydrogen) atoms.